The Kier molecular flexibility index (Phi) is 4.09. The molecule has 9 nitrogen and oxygen atoms in total. The largest absolute Gasteiger partial charge is 0.478 e. The highest BCUT2D eigenvalue weighted by Gasteiger charge is 2.26. The van der Waals surface area contributed by atoms with E-state index in [0.717, 1.165) is 4.70 Å². The van der Waals surface area contributed by atoms with Crippen molar-refractivity contribution in [3.8, 4) is 5.95 Å². The van der Waals surface area contributed by atoms with Gasteiger partial charge < -0.3 is 9.63 Å². The summed E-state index contributed by atoms with van der Waals surface area (Å²) in [5.74, 6) is -0.425. The summed E-state index contributed by atoms with van der Waals surface area (Å²) in [6, 6.07) is 4.38. The zero-order chi connectivity index (χ0) is 18.4. The number of hydrogen-bond acceptors (Lipinski definition) is 9. The Labute approximate surface area is 147 Å². The van der Waals surface area contributed by atoms with Crippen molar-refractivity contribution in [3.05, 3.63) is 23.9 Å². The van der Waals surface area contributed by atoms with Crippen LogP contribution in [0.1, 0.15) is 26.5 Å². The molecule has 0 saturated heterocycles. The first-order valence-corrected chi connectivity index (χ1v) is 9.46. The summed E-state index contributed by atoms with van der Waals surface area (Å²) in [6.07, 6.45) is 0. The van der Waals surface area contributed by atoms with Gasteiger partial charge in [0.25, 0.3) is 0 Å². The molecular formula is C14H15N5O4S2. The Morgan fingerprint density at radius 1 is 1.28 bits per heavy atom. The zero-order valence-electron chi connectivity index (χ0n) is 13.6. The van der Waals surface area contributed by atoms with Crippen LogP contribution in [-0.2, 0) is 15.4 Å². The van der Waals surface area contributed by atoms with E-state index in [1.165, 1.54) is 23.5 Å². The summed E-state index contributed by atoms with van der Waals surface area (Å²) in [6.45, 7) is 5.70. The van der Waals surface area contributed by atoms with Gasteiger partial charge in [-0.2, -0.15) is 0 Å². The lowest BCUT2D eigenvalue weighted by Crippen LogP contribution is -2.11. The van der Waals surface area contributed by atoms with Gasteiger partial charge in [0.1, 0.15) is 5.69 Å². The molecule has 132 valence electrons. The highest BCUT2D eigenvalue weighted by molar-refractivity contribution is 7.89. The quantitative estimate of drug-likeness (QED) is 0.666. The van der Waals surface area contributed by atoms with Crippen LogP contribution < -0.4 is 5.14 Å². The topological polar surface area (TPSA) is 144 Å². The molecular weight excluding hydrogens is 366 g/mol. The Bertz CT molecular complexity index is 1080. The molecule has 25 heavy (non-hydrogen) atoms. The number of aromatic nitrogens is 2. The number of sulfonamides is 1. The van der Waals surface area contributed by atoms with Gasteiger partial charge in [0.2, 0.25) is 15.2 Å². The zero-order valence-corrected chi connectivity index (χ0v) is 15.2. The van der Waals surface area contributed by atoms with Gasteiger partial charge in [-0.15, -0.1) is 10.2 Å². The molecule has 0 radical (unpaired) electrons. The third kappa shape index (κ3) is 3.52. The maximum Gasteiger partial charge on any atom is 0.337 e. The van der Waals surface area contributed by atoms with Crippen LogP contribution in [0, 0.1) is 0 Å². The van der Waals surface area contributed by atoms with E-state index in [9.17, 15) is 13.5 Å². The highest BCUT2D eigenvalue weighted by atomic mass is 32.2. The number of hydrogen-bond donors (Lipinski definition) is 2. The van der Waals surface area contributed by atoms with E-state index in [2.05, 4.69) is 20.4 Å². The summed E-state index contributed by atoms with van der Waals surface area (Å²) in [5, 5.41) is 27.0. The molecule has 3 N–H and O–H groups in total. The van der Waals surface area contributed by atoms with Gasteiger partial charge in [0.15, 0.2) is 5.69 Å². The molecule has 11 heteroatoms. The van der Waals surface area contributed by atoms with E-state index in [-0.39, 0.29) is 10.6 Å². The van der Waals surface area contributed by atoms with Gasteiger partial charge in [0.05, 0.1) is 15.1 Å². The van der Waals surface area contributed by atoms with Crippen LogP contribution in [0.5, 0.6) is 5.95 Å². The first-order chi connectivity index (χ1) is 11.6. The van der Waals surface area contributed by atoms with Gasteiger partial charge >= 0.3 is 5.95 Å². The second-order valence-corrected chi connectivity index (χ2v) is 8.88. The van der Waals surface area contributed by atoms with Gasteiger partial charge in [-0.3, -0.25) is 0 Å². The van der Waals surface area contributed by atoms with Crippen LogP contribution in [0.3, 0.4) is 0 Å². The summed E-state index contributed by atoms with van der Waals surface area (Å²) in [5.41, 5.74) is 0.649. The monoisotopic (exact) mass is 381 g/mol. The van der Waals surface area contributed by atoms with E-state index in [4.69, 9.17) is 9.66 Å². The number of fused-ring (bicyclic) bond motifs is 1. The molecule has 0 fully saturated rings. The van der Waals surface area contributed by atoms with E-state index in [0.29, 0.717) is 16.3 Å². The number of primary sulfonamides is 1. The number of aromatic hydroxyl groups is 1. The molecule has 3 rings (SSSR count). The first-order valence-electron chi connectivity index (χ1n) is 7.10. The fourth-order valence-electron chi connectivity index (χ4n) is 2.07. The van der Waals surface area contributed by atoms with E-state index in [1.807, 2.05) is 20.8 Å². The Morgan fingerprint density at radius 2 is 2.00 bits per heavy atom. The van der Waals surface area contributed by atoms with Gasteiger partial charge in [-0.05, 0) is 18.2 Å². The van der Waals surface area contributed by atoms with Crippen LogP contribution in [0.15, 0.2) is 37.8 Å². The molecule has 0 unspecified atom stereocenters. The maximum absolute atomic E-state index is 11.4. The Hall–Kier alpha value is -2.37. The Morgan fingerprint density at radius 3 is 2.64 bits per heavy atom. The maximum atomic E-state index is 11.4. The number of nitrogens with zero attached hydrogens (tertiary/aromatic N) is 4. The first kappa shape index (κ1) is 17.5. The summed E-state index contributed by atoms with van der Waals surface area (Å²) in [4.78, 5) is 4.19. The van der Waals surface area contributed by atoms with Crippen LogP contribution in [-0.4, -0.2) is 23.7 Å². The van der Waals surface area contributed by atoms with E-state index in [1.54, 1.807) is 6.07 Å². The van der Waals surface area contributed by atoms with Crippen molar-refractivity contribution in [3.63, 3.8) is 0 Å². The minimum atomic E-state index is -3.80. The Balaban J connectivity index is 1.99. The lowest BCUT2D eigenvalue weighted by atomic mass is 9.91. The predicted molar refractivity (Wildman–Crippen MR) is 92.0 cm³/mol. The van der Waals surface area contributed by atoms with Crippen molar-refractivity contribution in [1.82, 2.24) is 10.1 Å². The predicted octanol–water partition coefficient (Wildman–Crippen LogP) is 3.35. The van der Waals surface area contributed by atoms with Crippen molar-refractivity contribution in [2.75, 3.05) is 0 Å². The van der Waals surface area contributed by atoms with Gasteiger partial charge in [-0.25, -0.2) is 18.5 Å². The summed E-state index contributed by atoms with van der Waals surface area (Å²) >= 11 is 1.22. The number of thiazole rings is 1. The third-order valence-corrected chi connectivity index (χ3v) is 5.10. The number of nitrogens with two attached hydrogens (primary N) is 1. The molecule has 0 atom stereocenters. The SMILES string of the molecule is CC(C)(C)c1noc(O)c1N=Nc1nc2cc(S(N)(=O)=O)ccc2s1. The molecule has 0 aliphatic carbocycles. The molecule has 0 saturated carbocycles. The molecule has 0 bridgehead atoms. The minimum absolute atomic E-state index is 0.0273. The van der Waals surface area contributed by atoms with Crippen molar-refractivity contribution in [2.45, 2.75) is 31.1 Å². The standard InChI is InChI=1S/C14H15N5O4S2/c1-14(2,3)11-10(12(20)23-19-11)17-18-13-16-8-6-7(25(15,21)22)4-5-9(8)24-13/h4-6,20H,1-3H3,(H2,15,21,22). The van der Waals surface area contributed by atoms with E-state index >= 15 is 0 Å². The van der Waals surface area contributed by atoms with Crippen molar-refractivity contribution >= 4 is 42.4 Å². The molecule has 0 aliphatic heterocycles. The van der Waals surface area contributed by atoms with Crippen LogP contribution in [0.4, 0.5) is 10.8 Å². The second-order valence-electron chi connectivity index (χ2n) is 6.31. The van der Waals surface area contributed by atoms with Crippen LogP contribution in [0.2, 0.25) is 0 Å². The summed E-state index contributed by atoms with van der Waals surface area (Å²) in [7, 11) is -3.80. The highest BCUT2D eigenvalue weighted by Crippen LogP contribution is 2.39. The lowest BCUT2D eigenvalue weighted by molar-refractivity contribution is 0.273. The van der Waals surface area contributed by atoms with Crippen molar-refractivity contribution in [2.24, 2.45) is 15.4 Å². The lowest BCUT2D eigenvalue weighted by Gasteiger charge is -2.13. The van der Waals surface area contributed by atoms with Crippen LogP contribution in [0.25, 0.3) is 10.2 Å². The molecule has 3 aromatic rings. The average Bonchev–Trinajstić information content (AvgIpc) is 3.05. The molecule has 0 amide bonds. The fourth-order valence-corrected chi connectivity index (χ4v) is 3.37. The molecule has 0 spiro atoms. The number of azo groups is 1. The second kappa shape index (κ2) is 5.86. The van der Waals surface area contributed by atoms with Crippen LogP contribution >= 0.6 is 11.3 Å². The molecule has 2 aromatic heterocycles. The van der Waals surface area contributed by atoms with E-state index < -0.39 is 21.4 Å². The third-order valence-electron chi connectivity index (χ3n) is 3.27. The van der Waals surface area contributed by atoms with Gasteiger partial charge in [0, 0.05) is 5.41 Å². The normalized spacial score (nSPS) is 13.1. The minimum Gasteiger partial charge on any atom is -0.478 e. The van der Waals surface area contributed by atoms with Gasteiger partial charge in [-0.1, -0.05) is 37.3 Å². The fraction of sp³-hybridized carbons (Fsp3) is 0.286. The smallest absolute Gasteiger partial charge is 0.337 e. The van der Waals surface area contributed by atoms with Crippen molar-refractivity contribution in [1.29, 1.82) is 0 Å². The number of rotatable bonds is 3. The van der Waals surface area contributed by atoms with Crippen molar-refractivity contribution < 1.29 is 18.0 Å². The molecule has 0 aliphatic rings. The molecule has 1 aromatic carbocycles. The summed E-state index contributed by atoms with van der Waals surface area (Å²) < 4.78 is 28.3. The average molecular weight is 381 g/mol. The molecule has 2 heterocycles. The number of benzene rings is 1.